The van der Waals surface area contributed by atoms with Crippen molar-refractivity contribution >= 4 is 0 Å². The maximum absolute atomic E-state index is 12.7. The van der Waals surface area contributed by atoms with Gasteiger partial charge in [-0.15, -0.1) is 0 Å². The third-order valence-corrected chi connectivity index (χ3v) is 3.60. The topological polar surface area (TPSA) is 61.7 Å². The van der Waals surface area contributed by atoms with Crippen molar-refractivity contribution < 1.29 is 19.3 Å². The molecule has 0 radical (unpaired) electrons. The van der Waals surface area contributed by atoms with Crippen LogP contribution < -0.4 is 10.1 Å². The van der Waals surface area contributed by atoms with Gasteiger partial charge in [-0.3, -0.25) is 0 Å². The minimum atomic E-state index is -0.658. The van der Waals surface area contributed by atoms with E-state index in [-0.39, 0.29) is 24.6 Å². The standard InChI is InChI=1S/C15H22FNO3/c16-11-5-7-13(8-6-11)20-10-12(18)9-17-14-3-1-2-4-15(14)19/h5-8,12,14-15,17-19H,1-4,9-10H2. The summed E-state index contributed by atoms with van der Waals surface area (Å²) in [4.78, 5) is 0. The zero-order valence-corrected chi connectivity index (χ0v) is 11.5. The first-order valence-corrected chi connectivity index (χ1v) is 7.13. The molecule has 0 saturated heterocycles. The van der Waals surface area contributed by atoms with Crippen molar-refractivity contribution in [3.05, 3.63) is 30.1 Å². The average Bonchev–Trinajstić information content (AvgIpc) is 2.46. The number of rotatable bonds is 6. The molecule has 0 aromatic heterocycles. The van der Waals surface area contributed by atoms with Gasteiger partial charge < -0.3 is 20.3 Å². The second-order valence-electron chi connectivity index (χ2n) is 5.29. The normalized spacial score (nSPS) is 24.4. The van der Waals surface area contributed by atoms with E-state index in [4.69, 9.17) is 4.74 Å². The van der Waals surface area contributed by atoms with Crippen LogP contribution in [0.15, 0.2) is 24.3 Å². The molecule has 1 saturated carbocycles. The Morgan fingerprint density at radius 1 is 1.25 bits per heavy atom. The van der Waals surface area contributed by atoms with E-state index in [1.807, 2.05) is 0 Å². The molecule has 0 spiro atoms. The smallest absolute Gasteiger partial charge is 0.123 e. The summed E-state index contributed by atoms with van der Waals surface area (Å²) in [5, 5.41) is 22.8. The van der Waals surface area contributed by atoms with Gasteiger partial charge in [-0.05, 0) is 37.1 Å². The van der Waals surface area contributed by atoms with E-state index in [0.29, 0.717) is 12.3 Å². The number of benzene rings is 1. The minimum absolute atomic E-state index is 0.0595. The molecule has 0 bridgehead atoms. The average molecular weight is 283 g/mol. The van der Waals surface area contributed by atoms with Crippen LogP contribution in [-0.2, 0) is 0 Å². The van der Waals surface area contributed by atoms with Gasteiger partial charge in [0.2, 0.25) is 0 Å². The summed E-state index contributed by atoms with van der Waals surface area (Å²) in [5.41, 5.74) is 0. The molecule has 112 valence electrons. The van der Waals surface area contributed by atoms with Crippen molar-refractivity contribution in [1.82, 2.24) is 5.32 Å². The van der Waals surface area contributed by atoms with Gasteiger partial charge in [-0.2, -0.15) is 0 Å². The molecule has 4 nitrogen and oxygen atoms in total. The number of nitrogens with one attached hydrogen (secondary N) is 1. The van der Waals surface area contributed by atoms with Crippen molar-refractivity contribution in [2.45, 2.75) is 43.9 Å². The second kappa shape index (κ2) is 7.57. The summed E-state index contributed by atoms with van der Waals surface area (Å²) in [6.45, 7) is 0.518. The molecule has 1 aliphatic carbocycles. The first-order valence-electron chi connectivity index (χ1n) is 7.13. The van der Waals surface area contributed by atoms with Gasteiger partial charge in [-0.25, -0.2) is 4.39 Å². The van der Waals surface area contributed by atoms with E-state index >= 15 is 0 Å². The van der Waals surface area contributed by atoms with Crippen LogP contribution in [0.3, 0.4) is 0 Å². The lowest BCUT2D eigenvalue weighted by Gasteiger charge is -2.29. The quantitative estimate of drug-likeness (QED) is 0.739. The summed E-state index contributed by atoms with van der Waals surface area (Å²) in [6, 6.07) is 5.75. The molecule has 1 aromatic carbocycles. The lowest BCUT2D eigenvalue weighted by atomic mass is 9.92. The highest BCUT2D eigenvalue weighted by Gasteiger charge is 2.23. The summed E-state index contributed by atoms with van der Waals surface area (Å²) >= 11 is 0. The predicted octanol–water partition coefficient (Wildman–Crippen LogP) is 1.46. The van der Waals surface area contributed by atoms with E-state index in [9.17, 15) is 14.6 Å². The van der Waals surface area contributed by atoms with Gasteiger partial charge in [0.25, 0.3) is 0 Å². The van der Waals surface area contributed by atoms with E-state index in [2.05, 4.69) is 5.32 Å². The van der Waals surface area contributed by atoms with Crippen LogP contribution in [0.1, 0.15) is 25.7 Å². The molecule has 20 heavy (non-hydrogen) atoms. The van der Waals surface area contributed by atoms with Crippen LogP contribution in [0, 0.1) is 5.82 Å². The third kappa shape index (κ3) is 4.74. The Kier molecular flexibility index (Phi) is 5.76. The van der Waals surface area contributed by atoms with Crippen LogP contribution in [-0.4, -0.2) is 41.6 Å². The third-order valence-electron chi connectivity index (χ3n) is 3.60. The van der Waals surface area contributed by atoms with Crippen molar-refractivity contribution in [3.63, 3.8) is 0 Å². The molecule has 3 N–H and O–H groups in total. The molecule has 5 heteroatoms. The molecular weight excluding hydrogens is 261 g/mol. The van der Waals surface area contributed by atoms with Gasteiger partial charge in [-0.1, -0.05) is 12.8 Å². The molecule has 0 aliphatic heterocycles. The largest absolute Gasteiger partial charge is 0.491 e. The highest BCUT2D eigenvalue weighted by molar-refractivity contribution is 5.22. The predicted molar refractivity (Wildman–Crippen MR) is 74.2 cm³/mol. The van der Waals surface area contributed by atoms with E-state index in [1.54, 1.807) is 0 Å². The number of halogens is 1. The van der Waals surface area contributed by atoms with Crippen LogP contribution in [0.2, 0.25) is 0 Å². The highest BCUT2D eigenvalue weighted by atomic mass is 19.1. The minimum Gasteiger partial charge on any atom is -0.491 e. The van der Waals surface area contributed by atoms with Gasteiger partial charge in [0.05, 0.1) is 6.10 Å². The highest BCUT2D eigenvalue weighted by Crippen LogP contribution is 2.18. The zero-order chi connectivity index (χ0) is 14.4. The molecule has 1 aromatic rings. The Balaban J connectivity index is 1.67. The molecule has 3 unspecified atom stereocenters. The van der Waals surface area contributed by atoms with Gasteiger partial charge in [0.1, 0.15) is 24.3 Å². The SMILES string of the molecule is OC(CNC1CCCCC1O)COc1ccc(F)cc1. The van der Waals surface area contributed by atoms with Gasteiger partial charge in [0.15, 0.2) is 0 Å². The lowest BCUT2D eigenvalue weighted by molar-refractivity contribution is 0.0673. The molecule has 1 fully saturated rings. The fourth-order valence-electron chi connectivity index (χ4n) is 2.42. The maximum Gasteiger partial charge on any atom is 0.123 e. The molecule has 0 amide bonds. The fraction of sp³-hybridized carbons (Fsp3) is 0.600. The maximum atomic E-state index is 12.7. The molecule has 3 atom stereocenters. The van der Waals surface area contributed by atoms with E-state index in [0.717, 1.165) is 25.7 Å². The summed E-state index contributed by atoms with van der Waals surface area (Å²) in [5.74, 6) is 0.217. The van der Waals surface area contributed by atoms with Crippen molar-refractivity contribution in [3.8, 4) is 5.75 Å². The first-order chi connectivity index (χ1) is 9.65. The number of hydrogen-bond acceptors (Lipinski definition) is 4. The van der Waals surface area contributed by atoms with E-state index < -0.39 is 6.10 Å². The number of hydrogen-bond donors (Lipinski definition) is 3. The number of aliphatic hydroxyl groups is 2. The molecule has 0 heterocycles. The Labute approximate surface area is 118 Å². The Morgan fingerprint density at radius 3 is 2.65 bits per heavy atom. The van der Waals surface area contributed by atoms with Crippen LogP contribution >= 0.6 is 0 Å². The second-order valence-corrected chi connectivity index (χ2v) is 5.29. The molecular formula is C15H22FNO3. The van der Waals surface area contributed by atoms with Crippen molar-refractivity contribution in [2.24, 2.45) is 0 Å². The summed E-state index contributed by atoms with van der Waals surface area (Å²) < 4.78 is 18.1. The lowest BCUT2D eigenvalue weighted by Crippen LogP contribution is -2.45. The fourth-order valence-corrected chi connectivity index (χ4v) is 2.42. The van der Waals surface area contributed by atoms with Gasteiger partial charge >= 0.3 is 0 Å². The van der Waals surface area contributed by atoms with Gasteiger partial charge in [0, 0.05) is 12.6 Å². The van der Waals surface area contributed by atoms with Crippen LogP contribution in [0.5, 0.6) is 5.75 Å². The first kappa shape index (κ1) is 15.2. The summed E-state index contributed by atoms with van der Waals surface area (Å²) in [7, 11) is 0. The van der Waals surface area contributed by atoms with Crippen LogP contribution in [0.25, 0.3) is 0 Å². The van der Waals surface area contributed by atoms with E-state index in [1.165, 1.54) is 24.3 Å². The Hall–Kier alpha value is -1.17. The number of ether oxygens (including phenoxy) is 1. The van der Waals surface area contributed by atoms with Crippen LogP contribution in [0.4, 0.5) is 4.39 Å². The summed E-state index contributed by atoms with van der Waals surface area (Å²) in [6.07, 6.45) is 2.95. The molecule has 2 rings (SSSR count). The zero-order valence-electron chi connectivity index (χ0n) is 11.5. The Bertz CT molecular complexity index is 399. The Morgan fingerprint density at radius 2 is 1.95 bits per heavy atom. The van der Waals surface area contributed by atoms with Crippen molar-refractivity contribution in [1.29, 1.82) is 0 Å². The van der Waals surface area contributed by atoms with Crippen molar-refractivity contribution in [2.75, 3.05) is 13.2 Å². The number of aliphatic hydroxyl groups excluding tert-OH is 2. The monoisotopic (exact) mass is 283 g/mol. The molecule has 1 aliphatic rings.